The van der Waals surface area contributed by atoms with Gasteiger partial charge in [-0.2, -0.15) is 5.10 Å². The third-order valence-electron chi connectivity index (χ3n) is 7.39. The van der Waals surface area contributed by atoms with Crippen molar-refractivity contribution >= 4 is 12.1 Å². The van der Waals surface area contributed by atoms with Gasteiger partial charge in [0.25, 0.3) is 5.91 Å². The predicted molar refractivity (Wildman–Crippen MR) is 165 cm³/mol. The largest absolute Gasteiger partial charge is 0.318 e. The molecule has 0 aliphatic heterocycles. The highest BCUT2D eigenvalue weighted by molar-refractivity contribution is 5.95. The van der Waals surface area contributed by atoms with Crippen LogP contribution in [0.3, 0.4) is 0 Å². The number of hydrogen-bond donors (Lipinski definition) is 1. The highest BCUT2D eigenvalue weighted by Gasteiger charge is 2.12. The molecule has 0 bridgehead atoms. The summed E-state index contributed by atoms with van der Waals surface area (Å²) < 4.78 is 4.42. The van der Waals surface area contributed by atoms with Crippen LogP contribution >= 0.6 is 0 Å². The Morgan fingerprint density at radius 3 is 2.17 bits per heavy atom. The lowest BCUT2D eigenvalue weighted by molar-refractivity contribution is 0.0955. The molecule has 5 aromatic rings. The predicted octanol–water partition coefficient (Wildman–Crippen LogP) is 7.97. The van der Waals surface area contributed by atoms with Crippen LogP contribution in [0.1, 0.15) is 58.3 Å². The summed E-state index contributed by atoms with van der Waals surface area (Å²) >= 11 is 0. The van der Waals surface area contributed by atoms with Crippen molar-refractivity contribution in [3.8, 4) is 22.6 Å². The summed E-state index contributed by atoms with van der Waals surface area (Å²) in [5.74, 6) is -0.244. The Balaban J connectivity index is 1.27. The van der Waals surface area contributed by atoms with Crippen LogP contribution < -0.4 is 5.43 Å². The standard InChI is InChI=1S/C35H36N4O/c1-5-6-10-28-14-18-32(19-15-28)38-26(3)23-31(27(38)4)24-36-37-35(40)30-16-20-33(21-17-30)39-25(2)13-22-34(39)29-11-8-7-9-12-29/h7-9,11-24H,5-6,10H2,1-4H3,(H,37,40)/b36-24+. The molecule has 1 amide bonds. The molecule has 0 fully saturated rings. The number of unbranched alkanes of at least 4 members (excludes halogenated alkanes) is 1. The summed E-state index contributed by atoms with van der Waals surface area (Å²) in [7, 11) is 0. The highest BCUT2D eigenvalue weighted by Crippen LogP contribution is 2.26. The third kappa shape index (κ3) is 5.69. The van der Waals surface area contributed by atoms with Crippen molar-refractivity contribution in [3.05, 3.63) is 131 Å². The van der Waals surface area contributed by atoms with Crippen molar-refractivity contribution < 1.29 is 4.79 Å². The molecule has 5 nitrogen and oxygen atoms in total. The second-order valence-corrected chi connectivity index (χ2v) is 10.2. The van der Waals surface area contributed by atoms with E-state index in [1.807, 2.05) is 42.5 Å². The molecule has 0 saturated carbocycles. The summed E-state index contributed by atoms with van der Waals surface area (Å²) in [6.45, 7) is 8.47. The fraction of sp³-hybridized carbons (Fsp3) is 0.200. The van der Waals surface area contributed by atoms with Gasteiger partial charge in [0.1, 0.15) is 0 Å². The fourth-order valence-corrected chi connectivity index (χ4v) is 5.21. The van der Waals surface area contributed by atoms with E-state index in [2.05, 4.69) is 102 Å². The van der Waals surface area contributed by atoms with Crippen LogP contribution in [0.4, 0.5) is 0 Å². The van der Waals surface area contributed by atoms with Gasteiger partial charge >= 0.3 is 0 Å². The zero-order chi connectivity index (χ0) is 28.1. The molecule has 0 saturated heterocycles. The van der Waals surface area contributed by atoms with Gasteiger partial charge < -0.3 is 9.13 Å². The van der Waals surface area contributed by atoms with Crippen molar-refractivity contribution in [1.29, 1.82) is 0 Å². The second-order valence-electron chi connectivity index (χ2n) is 10.2. The van der Waals surface area contributed by atoms with Gasteiger partial charge in [-0.25, -0.2) is 5.43 Å². The molecule has 0 spiro atoms. The van der Waals surface area contributed by atoms with Crippen LogP contribution in [0.15, 0.2) is 102 Å². The van der Waals surface area contributed by atoms with Gasteiger partial charge in [-0.05, 0) is 99.3 Å². The number of rotatable bonds is 9. The minimum atomic E-state index is -0.244. The van der Waals surface area contributed by atoms with E-state index in [0.29, 0.717) is 5.56 Å². The smallest absolute Gasteiger partial charge is 0.271 e. The molecular weight excluding hydrogens is 492 g/mol. The maximum Gasteiger partial charge on any atom is 0.271 e. The molecule has 5 heteroatoms. The minimum Gasteiger partial charge on any atom is -0.318 e. The second kappa shape index (κ2) is 12.0. The molecule has 2 aromatic heterocycles. The molecule has 0 aliphatic carbocycles. The van der Waals surface area contributed by atoms with Gasteiger partial charge in [-0.3, -0.25) is 4.79 Å². The molecule has 5 rings (SSSR count). The number of carbonyl (C=O) groups is 1. The molecule has 3 aromatic carbocycles. The summed E-state index contributed by atoms with van der Waals surface area (Å²) in [6.07, 6.45) is 5.24. The first-order valence-corrected chi connectivity index (χ1v) is 13.9. The number of carbonyl (C=O) groups excluding carboxylic acids is 1. The Hall–Kier alpha value is -4.64. The van der Waals surface area contributed by atoms with Gasteiger partial charge in [0.05, 0.1) is 11.9 Å². The van der Waals surface area contributed by atoms with E-state index in [4.69, 9.17) is 0 Å². The maximum absolute atomic E-state index is 12.8. The Kier molecular flexibility index (Phi) is 8.11. The van der Waals surface area contributed by atoms with Crippen LogP contribution in [0.25, 0.3) is 22.6 Å². The van der Waals surface area contributed by atoms with E-state index in [1.165, 1.54) is 18.4 Å². The average molecular weight is 529 g/mol. The lowest BCUT2D eigenvalue weighted by atomic mass is 10.1. The molecule has 0 aliphatic rings. The van der Waals surface area contributed by atoms with Crippen LogP contribution in [0.5, 0.6) is 0 Å². The van der Waals surface area contributed by atoms with Gasteiger partial charge in [-0.15, -0.1) is 0 Å². The average Bonchev–Trinajstić information content (AvgIpc) is 3.50. The monoisotopic (exact) mass is 528 g/mol. The Labute approximate surface area is 236 Å². The first-order chi connectivity index (χ1) is 19.5. The van der Waals surface area contributed by atoms with Crippen molar-refractivity contribution in [2.75, 3.05) is 0 Å². The summed E-state index contributed by atoms with van der Waals surface area (Å²) in [5, 5.41) is 4.27. The van der Waals surface area contributed by atoms with Gasteiger partial charge in [-0.1, -0.05) is 55.8 Å². The Morgan fingerprint density at radius 2 is 1.48 bits per heavy atom. The SMILES string of the molecule is CCCCc1ccc(-n2c(C)cc(/C=N/NC(=O)c3ccc(-n4c(C)ccc4-c4ccccc4)cc3)c2C)cc1. The minimum absolute atomic E-state index is 0.244. The van der Waals surface area contributed by atoms with E-state index >= 15 is 0 Å². The molecule has 202 valence electrons. The van der Waals surface area contributed by atoms with Crippen molar-refractivity contribution in [2.45, 2.75) is 47.0 Å². The number of aryl methyl sites for hydroxylation is 3. The molecule has 0 radical (unpaired) electrons. The number of nitrogens with one attached hydrogen (secondary N) is 1. The van der Waals surface area contributed by atoms with Crippen LogP contribution in [-0.4, -0.2) is 21.3 Å². The molecule has 1 N–H and O–H groups in total. The number of nitrogens with zero attached hydrogens (tertiary/aromatic N) is 3. The molecule has 0 unspecified atom stereocenters. The lowest BCUT2D eigenvalue weighted by Crippen LogP contribution is -2.17. The summed E-state index contributed by atoms with van der Waals surface area (Å²) in [5.41, 5.74) is 13.3. The number of amides is 1. The van der Waals surface area contributed by atoms with E-state index in [1.54, 1.807) is 6.21 Å². The van der Waals surface area contributed by atoms with E-state index < -0.39 is 0 Å². The lowest BCUT2D eigenvalue weighted by Gasteiger charge is -2.12. The van der Waals surface area contributed by atoms with Gasteiger partial charge in [0.2, 0.25) is 0 Å². The normalized spacial score (nSPS) is 11.3. The van der Waals surface area contributed by atoms with E-state index in [9.17, 15) is 4.79 Å². The van der Waals surface area contributed by atoms with E-state index in [0.717, 1.165) is 51.7 Å². The molecular formula is C35H36N4O. The quantitative estimate of drug-likeness (QED) is 0.153. The van der Waals surface area contributed by atoms with Gasteiger partial charge in [0.15, 0.2) is 0 Å². The van der Waals surface area contributed by atoms with Gasteiger partial charge in [0, 0.05) is 39.6 Å². The van der Waals surface area contributed by atoms with E-state index in [-0.39, 0.29) is 5.91 Å². The summed E-state index contributed by atoms with van der Waals surface area (Å²) in [6, 6.07) is 33.0. The van der Waals surface area contributed by atoms with Crippen LogP contribution in [0, 0.1) is 20.8 Å². The first kappa shape index (κ1) is 26.9. The fourth-order valence-electron chi connectivity index (χ4n) is 5.21. The number of benzene rings is 3. The zero-order valence-corrected chi connectivity index (χ0v) is 23.7. The molecule has 2 heterocycles. The van der Waals surface area contributed by atoms with Crippen molar-refractivity contribution in [1.82, 2.24) is 14.6 Å². The summed E-state index contributed by atoms with van der Waals surface area (Å²) in [4.78, 5) is 12.8. The Morgan fingerprint density at radius 1 is 0.800 bits per heavy atom. The number of hydrazone groups is 1. The zero-order valence-electron chi connectivity index (χ0n) is 23.7. The molecule has 0 atom stereocenters. The number of hydrogen-bond acceptors (Lipinski definition) is 2. The van der Waals surface area contributed by atoms with Crippen molar-refractivity contribution in [3.63, 3.8) is 0 Å². The topological polar surface area (TPSA) is 51.3 Å². The Bertz CT molecular complexity index is 1620. The van der Waals surface area contributed by atoms with Crippen LogP contribution in [-0.2, 0) is 6.42 Å². The maximum atomic E-state index is 12.8. The third-order valence-corrected chi connectivity index (χ3v) is 7.39. The first-order valence-electron chi connectivity index (χ1n) is 13.9. The van der Waals surface area contributed by atoms with Crippen LogP contribution in [0.2, 0.25) is 0 Å². The highest BCUT2D eigenvalue weighted by atomic mass is 16.2. The van der Waals surface area contributed by atoms with Crippen molar-refractivity contribution in [2.24, 2.45) is 5.10 Å². The molecule has 40 heavy (non-hydrogen) atoms. The number of aromatic nitrogens is 2.